The van der Waals surface area contributed by atoms with Crippen LogP contribution in [0.3, 0.4) is 0 Å². The molecule has 0 aliphatic carbocycles. The highest BCUT2D eigenvalue weighted by Crippen LogP contribution is 2.45. The zero-order valence-corrected chi connectivity index (χ0v) is 21.0. The molecule has 1 saturated heterocycles. The first-order valence-corrected chi connectivity index (χ1v) is 12.3. The van der Waals surface area contributed by atoms with Crippen LogP contribution >= 0.6 is 0 Å². The molecular weight excluding hydrogens is 497 g/mol. The van der Waals surface area contributed by atoms with Gasteiger partial charge < -0.3 is 19.7 Å². The van der Waals surface area contributed by atoms with E-state index in [0.29, 0.717) is 17.6 Å². The molecule has 9 heteroatoms. The summed E-state index contributed by atoms with van der Waals surface area (Å²) in [5.41, 5.74) is 6.99. The predicted molar refractivity (Wildman–Crippen MR) is 135 cm³/mol. The Labute approximate surface area is 219 Å². The van der Waals surface area contributed by atoms with Gasteiger partial charge in [0.2, 0.25) is 5.91 Å². The number of rotatable bonds is 9. The quantitative estimate of drug-likeness (QED) is 0.324. The minimum Gasteiger partial charge on any atom is -0.456 e. The van der Waals surface area contributed by atoms with E-state index in [-0.39, 0.29) is 18.1 Å². The molecular formula is C29H30F3N2O4+. The topological polar surface area (TPSA) is 78.6 Å². The van der Waals surface area contributed by atoms with Crippen LogP contribution in [0.25, 0.3) is 0 Å². The number of primary amides is 1. The highest BCUT2D eigenvalue weighted by atomic mass is 19.4. The first-order chi connectivity index (χ1) is 18.0. The molecule has 0 spiro atoms. The first-order valence-electron chi connectivity index (χ1n) is 12.3. The second-order valence-corrected chi connectivity index (χ2v) is 9.85. The monoisotopic (exact) mass is 527 g/mol. The van der Waals surface area contributed by atoms with Gasteiger partial charge >= 0.3 is 12.3 Å². The number of carbonyl (C=O) groups excluding carboxylic acids is 2. The molecule has 1 amide bonds. The minimum atomic E-state index is -4.80. The third-order valence-corrected chi connectivity index (χ3v) is 7.33. The largest absolute Gasteiger partial charge is 0.573 e. The SMILES string of the molecule is C[N+]1(CCOC(=O)c2ccc(OC(F)(F)F)cc2)CC[C@@H](C(C(N)=O)(c2ccccc2)c2ccccc2)C1. The van der Waals surface area contributed by atoms with E-state index in [1.807, 2.05) is 60.7 Å². The van der Waals surface area contributed by atoms with Crippen LogP contribution in [0.4, 0.5) is 13.2 Å². The van der Waals surface area contributed by atoms with Crippen molar-refractivity contribution in [3.63, 3.8) is 0 Å². The summed E-state index contributed by atoms with van der Waals surface area (Å²) in [5, 5.41) is 0. The normalized spacial score (nSPS) is 19.6. The number of hydrogen-bond acceptors (Lipinski definition) is 4. The van der Waals surface area contributed by atoms with Crippen molar-refractivity contribution in [2.75, 3.05) is 33.3 Å². The number of esters is 1. The minimum absolute atomic E-state index is 0.0771. The van der Waals surface area contributed by atoms with E-state index in [1.54, 1.807) is 0 Å². The van der Waals surface area contributed by atoms with E-state index in [9.17, 15) is 22.8 Å². The maximum Gasteiger partial charge on any atom is 0.573 e. The molecule has 4 rings (SSSR count). The van der Waals surface area contributed by atoms with Crippen molar-refractivity contribution in [1.29, 1.82) is 0 Å². The Bertz CT molecular complexity index is 1210. The second kappa shape index (κ2) is 10.9. The number of benzene rings is 3. The lowest BCUT2D eigenvalue weighted by Gasteiger charge is -2.38. The Morgan fingerprint density at radius 1 is 0.921 bits per heavy atom. The Kier molecular flexibility index (Phi) is 7.78. The van der Waals surface area contributed by atoms with E-state index < -0.39 is 29.4 Å². The average Bonchev–Trinajstić information content (AvgIpc) is 3.27. The molecule has 1 fully saturated rings. The van der Waals surface area contributed by atoms with E-state index in [2.05, 4.69) is 11.8 Å². The average molecular weight is 528 g/mol. The number of ether oxygens (including phenoxy) is 2. The number of alkyl halides is 3. The van der Waals surface area contributed by atoms with Crippen LogP contribution in [0.2, 0.25) is 0 Å². The molecule has 3 aromatic carbocycles. The number of carbonyl (C=O) groups is 2. The number of likely N-dealkylation sites (tertiary alicyclic amines) is 1. The molecule has 38 heavy (non-hydrogen) atoms. The van der Waals surface area contributed by atoms with Crippen molar-refractivity contribution in [2.45, 2.75) is 18.2 Å². The van der Waals surface area contributed by atoms with Crippen LogP contribution in [-0.4, -0.2) is 56.0 Å². The van der Waals surface area contributed by atoms with Crippen LogP contribution < -0.4 is 10.5 Å². The molecule has 2 atom stereocenters. The molecule has 0 aromatic heterocycles. The third-order valence-electron chi connectivity index (χ3n) is 7.33. The molecule has 6 nitrogen and oxygen atoms in total. The maximum atomic E-state index is 13.3. The summed E-state index contributed by atoms with van der Waals surface area (Å²) >= 11 is 0. The molecule has 1 aliphatic heterocycles. The fourth-order valence-electron chi connectivity index (χ4n) is 5.50. The van der Waals surface area contributed by atoms with Gasteiger partial charge in [-0.1, -0.05) is 60.7 Å². The molecule has 200 valence electrons. The van der Waals surface area contributed by atoms with Gasteiger partial charge in [-0.3, -0.25) is 4.79 Å². The molecule has 0 bridgehead atoms. The number of hydrogen-bond donors (Lipinski definition) is 1. The lowest BCUT2D eigenvalue weighted by molar-refractivity contribution is -0.899. The van der Waals surface area contributed by atoms with Crippen molar-refractivity contribution < 1.29 is 36.7 Å². The van der Waals surface area contributed by atoms with Crippen LogP contribution in [0, 0.1) is 5.92 Å². The summed E-state index contributed by atoms with van der Waals surface area (Å²) in [7, 11) is 2.05. The van der Waals surface area contributed by atoms with Crippen LogP contribution in [0.1, 0.15) is 27.9 Å². The molecule has 1 unspecified atom stereocenters. The van der Waals surface area contributed by atoms with Gasteiger partial charge in [0, 0.05) is 12.3 Å². The first kappa shape index (κ1) is 27.2. The van der Waals surface area contributed by atoms with E-state index in [0.717, 1.165) is 36.2 Å². The standard InChI is InChI=1S/C29H29F3N2O4/c1-34(18-19-37-26(35)21-12-14-25(15-13-21)38-29(30,31)32)17-16-24(20-34)28(27(33)36,22-8-4-2-5-9-22)23-10-6-3-7-11-23/h2-15,24H,16-20H2,1H3,(H-,33,36)/p+1/t24-,34?/m1/s1. The fourth-order valence-corrected chi connectivity index (χ4v) is 5.50. The lowest BCUT2D eigenvalue weighted by Crippen LogP contribution is -2.51. The van der Waals surface area contributed by atoms with Gasteiger partial charge in [-0.15, -0.1) is 13.2 Å². The zero-order chi connectivity index (χ0) is 27.4. The van der Waals surface area contributed by atoms with E-state index >= 15 is 0 Å². The van der Waals surface area contributed by atoms with Gasteiger partial charge in [-0.05, 0) is 35.4 Å². The summed E-state index contributed by atoms with van der Waals surface area (Å²) in [4.78, 5) is 25.7. The van der Waals surface area contributed by atoms with Crippen molar-refractivity contribution in [2.24, 2.45) is 11.7 Å². The smallest absolute Gasteiger partial charge is 0.456 e. The predicted octanol–water partition coefficient (Wildman–Crippen LogP) is 4.68. The van der Waals surface area contributed by atoms with Crippen LogP contribution in [0.5, 0.6) is 5.75 Å². The van der Waals surface area contributed by atoms with Crippen molar-refractivity contribution >= 4 is 11.9 Å². The molecule has 1 aliphatic rings. The fraction of sp³-hybridized carbons (Fsp3) is 0.310. The number of nitrogens with zero attached hydrogens (tertiary/aromatic N) is 1. The van der Waals surface area contributed by atoms with Crippen LogP contribution in [-0.2, 0) is 14.9 Å². The maximum absolute atomic E-state index is 13.3. The number of quaternary nitrogens is 1. The molecule has 0 saturated carbocycles. The van der Waals surface area contributed by atoms with Crippen molar-refractivity contribution in [1.82, 2.24) is 0 Å². The molecule has 2 N–H and O–H groups in total. The zero-order valence-electron chi connectivity index (χ0n) is 21.0. The Morgan fingerprint density at radius 3 is 1.97 bits per heavy atom. The summed E-state index contributed by atoms with van der Waals surface area (Å²) in [6.07, 6.45) is -4.06. The molecule has 3 aromatic rings. The van der Waals surface area contributed by atoms with E-state index in [1.165, 1.54) is 12.1 Å². The molecule has 1 heterocycles. The van der Waals surface area contributed by atoms with Gasteiger partial charge in [-0.2, -0.15) is 0 Å². The summed E-state index contributed by atoms with van der Waals surface area (Å²) in [5.74, 6) is -1.53. The highest BCUT2D eigenvalue weighted by Gasteiger charge is 2.53. The Morgan fingerprint density at radius 2 is 1.47 bits per heavy atom. The second-order valence-electron chi connectivity index (χ2n) is 9.85. The number of likely N-dealkylation sites (N-methyl/N-ethyl adjacent to an activating group) is 1. The highest BCUT2D eigenvalue weighted by molar-refractivity contribution is 5.91. The van der Waals surface area contributed by atoms with Crippen molar-refractivity contribution in [3.05, 3.63) is 102 Å². The number of nitrogens with two attached hydrogens (primary N) is 1. The lowest BCUT2D eigenvalue weighted by atomic mass is 9.64. The van der Waals surface area contributed by atoms with Gasteiger partial charge in [0.25, 0.3) is 0 Å². The van der Waals surface area contributed by atoms with Gasteiger partial charge in [0.1, 0.15) is 24.3 Å². The van der Waals surface area contributed by atoms with Gasteiger partial charge in [0.05, 0.1) is 25.7 Å². The summed E-state index contributed by atoms with van der Waals surface area (Å²) < 4.78 is 46.9. The van der Waals surface area contributed by atoms with Crippen LogP contribution in [0.15, 0.2) is 84.9 Å². The number of amides is 1. The number of halogens is 3. The van der Waals surface area contributed by atoms with Gasteiger partial charge in [0.15, 0.2) is 0 Å². The Balaban J connectivity index is 1.45. The summed E-state index contributed by atoms with van der Waals surface area (Å²) in [6.45, 7) is 2.03. The van der Waals surface area contributed by atoms with Crippen molar-refractivity contribution in [3.8, 4) is 5.75 Å². The Hall–Kier alpha value is -3.85. The third kappa shape index (κ3) is 5.83. The molecule has 0 radical (unpaired) electrons. The summed E-state index contributed by atoms with van der Waals surface area (Å²) in [6, 6.07) is 23.8. The van der Waals surface area contributed by atoms with Gasteiger partial charge in [-0.25, -0.2) is 4.79 Å². The van der Waals surface area contributed by atoms with E-state index in [4.69, 9.17) is 10.5 Å².